The fourth-order valence-electron chi connectivity index (χ4n) is 2.37. The van der Waals surface area contributed by atoms with Gasteiger partial charge in [-0.1, -0.05) is 13.8 Å². The molecule has 0 aromatic carbocycles. The van der Waals surface area contributed by atoms with E-state index in [2.05, 4.69) is 53.5 Å². The molecule has 0 bridgehead atoms. The van der Waals surface area contributed by atoms with E-state index in [1.807, 2.05) is 4.68 Å². The molecule has 0 saturated carbocycles. The Kier molecular flexibility index (Phi) is 5.06. The molecule has 1 N–H and O–H groups in total. The maximum Gasteiger partial charge on any atom is 0.196 e. The molecule has 0 aliphatic heterocycles. The molecule has 2 aromatic rings. The number of aryl methyl sites for hydroxylation is 2. The number of rotatable bonds is 7. The lowest BCUT2D eigenvalue weighted by atomic mass is 10.1. The van der Waals surface area contributed by atoms with E-state index >= 15 is 0 Å². The number of hydrogen-bond donors (Lipinski definition) is 1. The third-order valence-electron chi connectivity index (χ3n) is 3.48. The van der Waals surface area contributed by atoms with Crippen molar-refractivity contribution in [3.05, 3.63) is 22.8 Å². The van der Waals surface area contributed by atoms with Crippen LogP contribution in [0.4, 0.5) is 0 Å². The predicted molar refractivity (Wildman–Crippen MR) is 81.0 cm³/mol. The zero-order valence-corrected chi connectivity index (χ0v) is 13.6. The summed E-state index contributed by atoms with van der Waals surface area (Å²) in [6, 6.07) is 0. The molecule has 116 valence electrons. The summed E-state index contributed by atoms with van der Waals surface area (Å²) >= 11 is 0. The molecule has 0 saturated heterocycles. The Morgan fingerprint density at radius 3 is 2.57 bits per heavy atom. The Balaban J connectivity index is 2.00. The van der Waals surface area contributed by atoms with E-state index in [1.54, 1.807) is 7.05 Å². The van der Waals surface area contributed by atoms with Gasteiger partial charge in [-0.2, -0.15) is 9.90 Å². The van der Waals surface area contributed by atoms with E-state index in [-0.39, 0.29) is 0 Å². The van der Waals surface area contributed by atoms with Crippen LogP contribution in [0.2, 0.25) is 0 Å². The second-order valence-electron chi connectivity index (χ2n) is 5.85. The summed E-state index contributed by atoms with van der Waals surface area (Å²) in [5.74, 6) is 1.37. The van der Waals surface area contributed by atoms with Crippen molar-refractivity contribution in [2.24, 2.45) is 13.0 Å². The topological polar surface area (TPSA) is 73.5 Å². The number of aromatic nitrogens is 6. The molecule has 0 aliphatic rings. The Morgan fingerprint density at radius 1 is 1.19 bits per heavy atom. The first-order valence-corrected chi connectivity index (χ1v) is 7.44. The van der Waals surface area contributed by atoms with Crippen LogP contribution in [0.5, 0.6) is 0 Å². The van der Waals surface area contributed by atoms with Gasteiger partial charge in [0.1, 0.15) is 6.54 Å². The molecular weight excluding hydrogens is 266 g/mol. The van der Waals surface area contributed by atoms with Gasteiger partial charge >= 0.3 is 0 Å². The highest BCUT2D eigenvalue weighted by Crippen LogP contribution is 2.14. The van der Waals surface area contributed by atoms with Crippen LogP contribution < -0.4 is 5.32 Å². The summed E-state index contributed by atoms with van der Waals surface area (Å²) in [5, 5.41) is 20.1. The van der Waals surface area contributed by atoms with Gasteiger partial charge in [0, 0.05) is 5.69 Å². The number of tetrazole rings is 1. The van der Waals surface area contributed by atoms with Crippen molar-refractivity contribution in [2.45, 2.75) is 40.7 Å². The van der Waals surface area contributed by atoms with E-state index in [9.17, 15) is 0 Å². The molecule has 0 spiro atoms. The summed E-state index contributed by atoms with van der Waals surface area (Å²) in [6.45, 7) is 11.2. The molecule has 0 fully saturated rings. The van der Waals surface area contributed by atoms with Crippen LogP contribution in [0, 0.1) is 19.8 Å². The average Bonchev–Trinajstić information content (AvgIpc) is 2.92. The van der Waals surface area contributed by atoms with Gasteiger partial charge < -0.3 is 5.32 Å². The zero-order chi connectivity index (χ0) is 15.4. The van der Waals surface area contributed by atoms with E-state index in [4.69, 9.17) is 0 Å². The van der Waals surface area contributed by atoms with Crippen molar-refractivity contribution in [3.63, 3.8) is 0 Å². The molecule has 7 nitrogen and oxygen atoms in total. The van der Waals surface area contributed by atoms with Crippen LogP contribution in [0.1, 0.15) is 36.6 Å². The normalized spacial score (nSPS) is 11.5. The Morgan fingerprint density at radius 2 is 1.95 bits per heavy atom. The molecule has 21 heavy (non-hydrogen) atoms. The third-order valence-corrected chi connectivity index (χ3v) is 3.48. The quantitative estimate of drug-likeness (QED) is 0.766. The number of nitrogens with one attached hydrogen (secondary N) is 1. The number of hydrogen-bond acceptors (Lipinski definition) is 5. The van der Waals surface area contributed by atoms with Gasteiger partial charge in [0.2, 0.25) is 0 Å². The van der Waals surface area contributed by atoms with Gasteiger partial charge in [-0.25, -0.2) is 0 Å². The van der Waals surface area contributed by atoms with Crippen LogP contribution >= 0.6 is 0 Å². The average molecular weight is 291 g/mol. The highest BCUT2D eigenvalue weighted by atomic mass is 15.6. The molecule has 2 aromatic heterocycles. The maximum absolute atomic E-state index is 4.60. The van der Waals surface area contributed by atoms with Gasteiger partial charge in [0.25, 0.3) is 0 Å². The van der Waals surface area contributed by atoms with Gasteiger partial charge in [0.05, 0.1) is 12.7 Å². The first-order valence-electron chi connectivity index (χ1n) is 7.44. The lowest BCUT2D eigenvalue weighted by Gasteiger charge is -2.07. The Hall–Kier alpha value is -1.76. The minimum atomic E-state index is 0.569. The summed E-state index contributed by atoms with van der Waals surface area (Å²) in [5.41, 5.74) is 3.59. The minimum absolute atomic E-state index is 0.569. The van der Waals surface area contributed by atoms with Gasteiger partial charge in [0.15, 0.2) is 5.82 Å². The Bertz CT molecular complexity index is 582. The van der Waals surface area contributed by atoms with Crippen molar-refractivity contribution in [1.82, 2.24) is 35.3 Å². The molecule has 0 unspecified atom stereocenters. The highest BCUT2D eigenvalue weighted by molar-refractivity contribution is 5.25. The van der Waals surface area contributed by atoms with Crippen LogP contribution in [-0.2, 0) is 20.0 Å². The van der Waals surface area contributed by atoms with E-state index in [0.717, 1.165) is 25.2 Å². The number of nitrogens with zero attached hydrogens (tertiary/aromatic N) is 6. The monoisotopic (exact) mass is 291 g/mol. The van der Waals surface area contributed by atoms with Crippen LogP contribution in [0.15, 0.2) is 0 Å². The summed E-state index contributed by atoms with van der Waals surface area (Å²) in [4.78, 5) is 1.47. The fraction of sp³-hybridized carbons (Fsp3) is 0.714. The summed E-state index contributed by atoms with van der Waals surface area (Å²) < 4.78 is 1.96. The minimum Gasteiger partial charge on any atom is -0.316 e. The highest BCUT2D eigenvalue weighted by Gasteiger charge is 2.13. The first kappa shape index (κ1) is 15.6. The molecular formula is C14H25N7. The lowest BCUT2D eigenvalue weighted by molar-refractivity contribution is 0.553. The van der Waals surface area contributed by atoms with Crippen molar-refractivity contribution < 1.29 is 0 Å². The molecule has 0 amide bonds. The van der Waals surface area contributed by atoms with Gasteiger partial charge in [-0.3, -0.25) is 4.68 Å². The maximum atomic E-state index is 4.60. The molecule has 0 atom stereocenters. The van der Waals surface area contributed by atoms with E-state index in [0.29, 0.717) is 18.3 Å². The summed E-state index contributed by atoms with van der Waals surface area (Å²) in [7, 11) is 1.77. The first-order chi connectivity index (χ1) is 9.97. The van der Waals surface area contributed by atoms with Gasteiger partial charge in [-0.15, -0.1) is 10.2 Å². The summed E-state index contributed by atoms with van der Waals surface area (Å²) in [6.07, 6.45) is 0.998. The van der Waals surface area contributed by atoms with Crippen molar-refractivity contribution >= 4 is 0 Å². The lowest BCUT2D eigenvalue weighted by Crippen LogP contribution is -2.22. The second kappa shape index (κ2) is 6.80. The SMILES string of the molecule is Cc1nn(Cc2nnn(C)n2)c(C)c1CCNCC(C)C. The second-order valence-corrected chi connectivity index (χ2v) is 5.85. The standard InChI is InChI=1S/C14H25N7/c1-10(2)8-15-7-6-13-11(3)17-21(12(13)4)9-14-16-19-20(5)18-14/h10,15H,6-9H2,1-5H3. The Labute approximate surface area is 125 Å². The molecule has 0 aliphatic carbocycles. The molecule has 0 radical (unpaired) electrons. The van der Waals surface area contributed by atoms with E-state index in [1.165, 1.54) is 16.1 Å². The van der Waals surface area contributed by atoms with Crippen LogP contribution in [0.3, 0.4) is 0 Å². The van der Waals surface area contributed by atoms with Gasteiger partial charge in [-0.05, 0) is 50.1 Å². The largest absolute Gasteiger partial charge is 0.316 e. The predicted octanol–water partition coefficient (Wildman–Crippen LogP) is 0.860. The smallest absolute Gasteiger partial charge is 0.196 e. The molecule has 7 heteroatoms. The van der Waals surface area contributed by atoms with Crippen LogP contribution in [0.25, 0.3) is 0 Å². The molecule has 2 rings (SSSR count). The molecule has 2 heterocycles. The zero-order valence-electron chi connectivity index (χ0n) is 13.6. The van der Waals surface area contributed by atoms with Crippen LogP contribution in [-0.4, -0.2) is 43.1 Å². The van der Waals surface area contributed by atoms with Crippen molar-refractivity contribution in [1.29, 1.82) is 0 Å². The van der Waals surface area contributed by atoms with Crippen molar-refractivity contribution in [2.75, 3.05) is 13.1 Å². The van der Waals surface area contributed by atoms with E-state index < -0.39 is 0 Å². The van der Waals surface area contributed by atoms with Crippen molar-refractivity contribution in [3.8, 4) is 0 Å². The fourth-order valence-corrected chi connectivity index (χ4v) is 2.37. The third kappa shape index (κ3) is 4.10.